The first-order chi connectivity index (χ1) is 15.6. The molecular formula is C24H26N4O4. The van der Waals surface area contributed by atoms with E-state index in [0.29, 0.717) is 35.8 Å². The van der Waals surface area contributed by atoms with E-state index in [-0.39, 0.29) is 19.1 Å². The maximum atomic E-state index is 12.5. The number of hydrogen-bond acceptors (Lipinski definition) is 6. The molecule has 8 nitrogen and oxygen atoms in total. The van der Waals surface area contributed by atoms with Gasteiger partial charge in [0.25, 0.3) is 5.91 Å². The Morgan fingerprint density at radius 2 is 1.75 bits per heavy atom. The molecule has 8 heteroatoms. The predicted molar refractivity (Wildman–Crippen MR) is 124 cm³/mol. The number of nitrogens with zero attached hydrogens (tertiary/aromatic N) is 2. The number of para-hydroxylation sites is 2. The number of hydrogen-bond donors (Lipinski definition) is 2. The number of carbonyl (C=O) groups excluding carboxylic acids is 2. The molecule has 0 bridgehead atoms. The second-order valence-corrected chi connectivity index (χ2v) is 6.82. The van der Waals surface area contributed by atoms with Crippen molar-refractivity contribution in [2.24, 2.45) is 0 Å². The van der Waals surface area contributed by atoms with Crippen molar-refractivity contribution in [2.45, 2.75) is 13.5 Å². The summed E-state index contributed by atoms with van der Waals surface area (Å²) in [6.07, 6.45) is 1.22. The predicted octanol–water partition coefficient (Wildman–Crippen LogP) is 4.10. The number of carbonyl (C=O) groups is 2. The van der Waals surface area contributed by atoms with Crippen molar-refractivity contribution in [3.8, 4) is 0 Å². The molecule has 3 N–H and O–H groups in total. The van der Waals surface area contributed by atoms with Crippen LogP contribution in [-0.2, 0) is 16.1 Å². The van der Waals surface area contributed by atoms with Crippen molar-refractivity contribution in [3.63, 3.8) is 0 Å². The Balaban J connectivity index is 1.49. The average Bonchev–Trinajstić information content (AvgIpc) is 2.82. The number of nitrogens with one attached hydrogen (secondary N) is 1. The minimum Gasteiger partial charge on any atom is -0.447 e. The summed E-state index contributed by atoms with van der Waals surface area (Å²) in [6, 6.07) is 19.3. The number of nitrogen functional groups attached to an aromatic ring is 1. The minimum atomic E-state index is -0.483. The molecule has 0 unspecified atom stereocenters. The lowest BCUT2D eigenvalue weighted by Crippen LogP contribution is -2.32. The Hall–Kier alpha value is -3.91. The Bertz CT molecular complexity index is 1030. The van der Waals surface area contributed by atoms with E-state index in [1.54, 1.807) is 54.7 Å². The summed E-state index contributed by atoms with van der Waals surface area (Å²) in [5, 5.41) is 2.78. The number of benzene rings is 2. The molecule has 1 heterocycles. The second kappa shape index (κ2) is 11.5. The van der Waals surface area contributed by atoms with Crippen LogP contribution in [0.5, 0.6) is 0 Å². The van der Waals surface area contributed by atoms with Gasteiger partial charge in [0.1, 0.15) is 6.61 Å². The number of aromatic nitrogens is 1. The Kier molecular flexibility index (Phi) is 8.16. The number of ether oxygens (including phenoxy) is 2. The second-order valence-electron chi connectivity index (χ2n) is 6.82. The smallest absolute Gasteiger partial charge is 0.414 e. The topological polar surface area (TPSA) is 107 Å². The highest BCUT2D eigenvalue weighted by Crippen LogP contribution is 2.20. The van der Waals surface area contributed by atoms with Crippen LogP contribution >= 0.6 is 0 Å². The first-order valence-corrected chi connectivity index (χ1v) is 10.3. The molecule has 0 aliphatic rings. The lowest BCUT2D eigenvalue weighted by atomic mass is 10.1. The zero-order valence-corrected chi connectivity index (χ0v) is 17.9. The van der Waals surface area contributed by atoms with Gasteiger partial charge in [-0.3, -0.25) is 14.7 Å². The molecule has 1 aromatic heterocycles. The SMILES string of the molecule is CCN(C(=O)OCCOCc1ccccn1)c1ccc(C(=O)Nc2ccccc2N)cc1. The van der Waals surface area contributed by atoms with Gasteiger partial charge < -0.3 is 20.5 Å². The van der Waals surface area contributed by atoms with E-state index < -0.39 is 6.09 Å². The van der Waals surface area contributed by atoms with Crippen molar-refractivity contribution in [3.05, 3.63) is 84.2 Å². The van der Waals surface area contributed by atoms with Crippen molar-refractivity contribution >= 4 is 29.1 Å². The van der Waals surface area contributed by atoms with E-state index in [1.165, 1.54) is 4.90 Å². The molecule has 0 fully saturated rings. The highest BCUT2D eigenvalue weighted by Gasteiger charge is 2.16. The van der Waals surface area contributed by atoms with Crippen molar-refractivity contribution in [2.75, 3.05) is 35.7 Å². The highest BCUT2D eigenvalue weighted by atomic mass is 16.6. The normalized spacial score (nSPS) is 10.4. The maximum Gasteiger partial charge on any atom is 0.414 e. The van der Waals surface area contributed by atoms with Gasteiger partial charge in [-0.05, 0) is 55.5 Å². The summed E-state index contributed by atoms with van der Waals surface area (Å²) in [6.45, 7) is 3.01. The molecule has 0 aliphatic carbocycles. The molecule has 2 amide bonds. The van der Waals surface area contributed by atoms with Crippen LogP contribution in [0, 0.1) is 0 Å². The van der Waals surface area contributed by atoms with Crippen LogP contribution in [0.1, 0.15) is 23.0 Å². The number of nitrogens with two attached hydrogens (primary N) is 1. The zero-order valence-electron chi connectivity index (χ0n) is 17.9. The minimum absolute atomic E-state index is 0.126. The van der Waals surface area contributed by atoms with Gasteiger partial charge >= 0.3 is 6.09 Å². The Labute approximate surface area is 187 Å². The van der Waals surface area contributed by atoms with E-state index in [1.807, 2.05) is 25.1 Å². The van der Waals surface area contributed by atoms with E-state index in [2.05, 4.69) is 10.3 Å². The lowest BCUT2D eigenvalue weighted by Gasteiger charge is -2.20. The summed E-state index contributed by atoms with van der Waals surface area (Å²) < 4.78 is 10.8. The van der Waals surface area contributed by atoms with Gasteiger partial charge in [0.15, 0.2) is 0 Å². The van der Waals surface area contributed by atoms with Crippen LogP contribution in [0.25, 0.3) is 0 Å². The maximum absolute atomic E-state index is 12.5. The van der Waals surface area contributed by atoms with Gasteiger partial charge in [-0.15, -0.1) is 0 Å². The molecule has 0 aliphatic heterocycles. The lowest BCUT2D eigenvalue weighted by molar-refractivity contribution is 0.0659. The van der Waals surface area contributed by atoms with Gasteiger partial charge in [-0.2, -0.15) is 0 Å². The summed E-state index contributed by atoms with van der Waals surface area (Å²) in [5.41, 5.74) is 8.79. The van der Waals surface area contributed by atoms with E-state index >= 15 is 0 Å². The number of rotatable bonds is 9. The van der Waals surface area contributed by atoms with Crippen molar-refractivity contribution < 1.29 is 19.1 Å². The van der Waals surface area contributed by atoms with Gasteiger partial charge in [-0.25, -0.2) is 4.79 Å². The molecule has 32 heavy (non-hydrogen) atoms. The number of amides is 2. The van der Waals surface area contributed by atoms with Gasteiger partial charge in [0.05, 0.1) is 30.3 Å². The van der Waals surface area contributed by atoms with Crippen LogP contribution < -0.4 is 16.0 Å². The fourth-order valence-electron chi connectivity index (χ4n) is 2.94. The fourth-order valence-corrected chi connectivity index (χ4v) is 2.94. The summed E-state index contributed by atoms with van der Waals surface area (Å²) in [7, 11) is 0. The molecule has 0 saturated carbocycles. The fraction of sp³-hybridized carbons (Fsp3) is 0.208. The highest BCUT2D eigenvalue weighted by molar-refractivity contribution is 6.06. The van der Waals surface area contributed by atoms with E-state index in [9.17, 15) is 9.59 Å². The number of anilines is 3. The first kappa shape index (κ1) is 22.8. The molecular weight excluding hydrogens is 408 g/mol. The molecule has 166 valence electrons. The zero-order chi connectivity index (χ0) is 22.8. The standard InChI is InChI=1S/C24H26N4O4/c1-2-28(24(30)32-16-15-31-17-19-7-5-6-14-26-19)20-12-10-18(11-13-20)23(29)27-22-9-4-3-8-21(22)25/h3-14H,2,15-17,25H2,1H3,(H,27,29). The van der Waals surface area contributed by atoms with Gasteiger partial charge in [-0.1, -0.05) is 18.2 Å². The number of pyridine rings is 1. The van der Waals surface area contributed by atoms with Gasteiger partial charge in [0, 0.05) is 24.0 Å². The van der Waals surface area contributed by atoms with Crippen LogP contribution in [0.4, 0.5) is 21.9 Å². The molecule has 2 aromatic carbocycles. The molecule has 3 rings (SSSR count). The van der Waals surface area contributed by atoms with Crippen molar-refractivity contribution in [1.29, 1.82) is 0 Å². The Morgan fingerprint density at radius 1 is 1.00 bits per heavy atom. The third-order valence-corrected chi connectivity index (χ3v) is 4.62. The molecule has 0 atom stereocenters. The third-order valence-electron chi connectivity index (χ3n) is 4.62. The summed E-state index contributed by atoms with van der Waals surface area (Å²) in [5.74, 6) is -0.287. The quantitative estimate of drug-likeness (QED) is 0.388. The van der Waals surface area contributed by atoms with Crippen LogP contribution in [0.2, 0.25) is 0 Å². The monoisotopic (exact) mass is 434 g/mol. The largest absolute Gasteiger partial charge is 0.447 e. The average molecular weight is 434 g/mol. The Morgan fingerprint density at radius 3 is 2.44 bits per heavy atom. The summed E-state index contributed by atoms with van der Waals surface area (Å²) >= 11 is 0. The van der Waals surface area contributed by atoms with E-state index in [0.717, 1.165) is 5.69 Å². The molecule has 0 saturated heterocycles. The van der Waals surface area contributed by atoms with Crippen LogP contribution in [0.3, 0.4) is 0 Å². The molecule has 0 radical (unpaired) electrons. The van der Waals surface area contributed by atoms with Crippen LogP contribution in [-0.4, -0.2) is 36.7 Å². The molecule has 0 spiro atoms. The van der Waals surface area contributed by atoms with Crippen molar-refractivity contribution in [1.82, 2.24) is 4.98 Å². The first-order valence-electron chi connectivity index (χ1n) is 10.3. The molecule has 3 aromatic rings. The van der Waals surface area contributed by atoms with Gasteiger partial charge in [0.2, 0.25) is 0 Å². The van der Waals surface area contributed by atoms with Crippen LogP contribution in [0.15, 0.2) is 72.9 Å². The third kappa shape index (κ3) is 6.29. The van der Waals surface area contributed by atoms with E-state index in [4.69, 9.17) is 15.2 Å². The summed E-state index contributed by atoms with van der Waals surface area (Å²) in [4.78, 5) is 30.6.